The Balaban J connectivity index is 0.00000261. The van der Waals surface area contributed by atoms with Crippen LogP contribution in [0.2, 0.25) is 10.0 Å². The van der Waals surface area contributed by atoms with E-state index in [1.807, 2.05) is 12.1 Å². The summed E-state index contributed by atoms with van der Waals surface area (Å²) in [5.74, 6) is -0.184. The van der Waals surface area contributed by atoms with Crippen LogP contribution in [0.5, 0.6) is 0 Å². The number of piperazine rings is 1. The van der Waals surface area contributed by atoms with Gasteiger partial charge in [0.05, 0.1) is 10.6 Å². The lowest BCUT2D eigenvalue weighted by Gasteiger charge is -2.35. The Morgan fingerprint density at radius 1 is 0.889 bits per heavy atom. The van der Waals surface area contributed by atoms with E-state index in [0.717, 1.165) is 5.56 Å². The Morgan fingerprint density at radius 3 is 1.96 bits per heavy atom. The monoisotopic (exact) mass is 427 g/mol. The number of carbonyl (C=O) groups is 2. The van der Waals surface area contributed by atoms with E-state index in [4.69, 9.17) is 28.9 Å². The predicted molar refractivity (Wildman–Crippen MR) is 110 cm³/mol. The molecular formula is C19H20Cl3N3O2. The maximum absolute atomic E-state index is 12.6. The number of hydrogen-bond donors (Lipinski definition) is 1. The molecule has 0 aromatic heterocycles. The highest BCUT2D eigenvalue weighted by atomic mass is 35.5. The summed E-state index contributed by atoms with van der Waals surface area (Å²) in [4.78, 5) is 28.7. The minimum absolute atomic E-state index is 0. The molecule has 2 amide bonds. The van der Waals surface area contributed by atoms with Crippen molar-refractivity contribution in [3.63, 3.8) is 0 Å². The zero-order valence-corrected chi connectivity index (χ0v) is 16.9. The Bertz CT molecular complexity index is 819. The SMILES string of the molecule is Cl.NCc1ccc(C(=O)N2CCN(C(=O)c3ccc(Cl)cc3Cl)CC2)cc1. The van der Waals surface area contributed by atoms with E-state index in [9.17, 15) is 9.59 Å². The summed E-state index contributed by atoms with van der Waals surface area (Å²) >= 11 is 12.0. The first-order valence-corrected chi connectivity index (χ1v) is 9.08. The third-order valence-electron chi connectivity index (χ3n) is 4.45. The van der Waals surface area contributed by atoms with Crippen molar-refractivity contribution in [3.8, 4) is 0 Å². The number of amides is 2. The van der Waals surface area contributed by atoms with Crippen LogP contribution in [0.1, 0.15) is 26.3 Å². The summed E-state index contributed by atoms with van der Waals surface area (Å²) in [7, 11) is 0. The summed E-state index contributed by atoms with van der Waals surface area (Å²) in [6, 6.07) is 12.1. The van der Waals surface area contributed by atoms with Crippen molar-refractivity contribution in [2.45, 2.75) is 6.54 Å². The molecule has 144 valence electrons. The first kappa shape index (κ1) is 21.5. The highest BCUT2D eigenvalue weighted by Crippen LogP contribution is 2.23. The minimum Gasteiger partial charge on any atom is -0.335 e. The Labute approximate surface area is 174 Å². The number of carbonyl (C=O) groups excluding carboxylic acids is 2. The molecule has 1 aliphatic rings. The van der Waals surface area contributed by atoms with Gasteiger partial charge in [-0.3, -0.25) is 9.59 Å². The van der Waals surface area contributed by atoms with Crippen LogP contribution in [0, 0.1) is 0 Å². The van der Waals surface area contributed by atoms with Gasteiger partial charge < -0.3 is 15.5 Å². The Kier molecular flexibility index (Phi) is 7.50. The molecule has 0 bridgehead atoms. The van der Waals surface area contributed by atoms with Crippen molar-refractivity contribution in [1.82, 2.24) is 9.80 Å². The van der Waals surface area contributed by atoms with Crippen molar-refractivity contribution in [2.75, 3.05) is 26.2 Å². The lowest BCUT2D eigenvalue weighted by atomic mass is 10.1. The predicted octanol–water partition coefficient (Wildman–Crippen LogP) is 3.47. The molecule has 2 N–H and O–H groups in total. The van der Waals surface area contributed by atoms with Gasteiger partial charge in [-0.2, -0.15) is 0 Å². The molecule has 1 aliphatic heterocycles. The first-order chi connectivity index (χ1) is 12.5. The van der Waals surface area contributed by atoms with Crippen LogP contribution >= 0.6 is 35.6 Å². The minimum atomic E-state index is -0.147. The normalized spacial score (nSPS) is 13.9. The van der Waals surface area contributed by atoms with Crippen molar-refractivity contribution in [1.29, 1.82) is 0 Å². The van der Waals surface area contributed by atoms with Crippen molar-refractivity contribution >= 4 is 47.4 Å². The quantitative estimate of drug-likeness (QED) is 0.814. The second kappa shape index (κ2) is 9.42. The lowest BCUT2D eigenvalue weighted by Crippen LogP contribution is -2.50. The fraction of sp³-hybridized carbons (Fsp3) is 0.263. The summed E-state index contributed by atoms with van der Waals surface area (Å²) in [5.41, 5.74) is 7.61. The van der Waals surface area contributed by atoms with Gasteiger partial charge in [0.25, 0.3) is 11.8 Å². The van der Waals surface area contributed by atoms with Crippen molar-refractivity contribution in [2.24, 2.45) is 5.73 Å². The van der Waals surface area contributed by atoms with Crippen LogP contribution in [-0.4, -0.2) is 47.8 Å². The molecule has 2 aromatic carbocycles. The first-order valence-electron chi connectivity index (χ1n) is 8.32. The molecule has 1 fully saturated rings. The molecule has 1 heterocycles. The van der Waals surface area contributed by atoms with Gasteiger partial charge in [-0.05, 0) is 35.9 Å². The van der Waals surface area contributed by atoms with E-state index < -0.39 is 0 Å². The molecule has 3 rings (SSSR count). The van der Waals surface area contributed by atoms with Crippen LogP contribution in [-0.2, 0) is 6.54 Å². The van der Waals surface area contributed by atoms with Gasteiger partial charge in [0, 0.05) is 43.3 Å². The molecule has 0 atom stereocenters. The van der Waals surface area contributed by atoms with Gasteiger partial charge in [-0.25, -0.2) is 0 Å². The van der Waals surface area contributed by atoms with E-state index in [1.165, 1.54) is 0 Å². The molecule has 0 saturated carbocycles. The third kappa shape index (κ3) is 4.93. The van der Waals surface area contributed by atoms with Gasteiger partial charge in [-0.15, -0.1) is 12.4 Å². The maximum atomic E-state index is 12.6. The molecule has 0 unspecified atom stereocenters. The molecule has 2 aromatic rings. The topological polar surface area (TPSA) is 66.6 Å². The number of halogens is 3. The second-order valence-corrected chi connectivity index (χ2v) is 6.95. The van der Waals surface area contributed by atoms with Crippen LogP contribution in [0.3, 0.4) is 0 Å². The standard InChI is InChI=1S/C19H19Cl2N3O2.ClH/c20-15-5-6-16(17(21)11-15)19(26)24-9-7-23(8-10-24)18(25)14-3-1-13(12-22)2-4-14;/h1-6,11H,7-10,12,22H2;1H. The van der Waals surface area contributed by atoms with Gasteiger partial charge >= 0.3 is 0 Å². The summed E-state index contributed by atoms with van der Waals surface area (Å²) in [6.45, 7) is 2.33. The van der Waals surface area contributed by atoms with Gasteiger partial charge in [0.15, 0.2) is 0 Å². The fourth-order valence-corrected chi connectivity index (χ4v) is 3.40. The van der Waals surface area contributed by atoms with E-state index in [0.29, 0.717) is 53.9 Å². The summed E-state index contributed by atoms with van der Waals surface area (Å²) < 4.78 is 0. The van der Waals surface area contributed by atoms with E-state index >= 15 is 0 Å². The number of hydrogen-bond acceptors (Lipinski definition) is 3. The average Bonchev–Trinajstić information content (AvgIpc) is 2.67. The highest BCUT2D eigenvalue weighted by molar-refractivity contribution is 6.36. The molecule has 1 saturated heterocycles. The fourth-order valence-electron chi connectivity index (χ4n) is 2.91. The smallest absolute Gasteiger partial charge is 0.255 e. The highest BCUT2D eigenvalue weighted by Gasteiger charge is 2.26. The maximum Gasteiger partial charge on any atom is 0.255 e. The van der Waals surface area contributed by atoms with Crippen LogP contribution in [0.25, 0.3) is 0 Å². The number of rotatable bonds is 3. The van der Waals surface area contributed by atoms with Crippen molar-refractivity contribution < 1.29 is 9.59 Å². The molecular weight excluding hydrogens is 409 g/mol. The number of benzene rings is 2. The van der Waals surface area contributed by atoms with E-state index in [2.05, 4.69) is 0 Å². The molecule has 0 radical (unpaired) electrons. The van der Waals surface area contributed by atoms with Crippen LogP contribution in [0.4, 0.5) is 0 Å². The largest absolute Gasteiger partial charge is 0.335 e. The zero-order valence-electron chi connectivity index (χ0n) is 14.5. The molecule has 5 nitrogen and oxygen atoms in total. The summed E-state index contributed by atoms with van der Waals surface area (Å²) in [5, 5.41) is 0.823. The molecule has 0 aliphatic carbocycles. The van der Waals surface area contributed by atoms with Gasteiger partial charge in [0.1, 0.15) is 0 Å². The van der Waals surface area contributed by atoms with Gasteiger partial charge in [0.2, 0.25) is 0 Å². The van der Waals surface area contributed by atoms with E-state index in [1.54, 1.807) is 40.1 Å². The third-order valence-corrected chi connectivity index (χ3v) is 5.00. The average molecular weight is 429 g/mol. The van der Waals surface area contributed by atoms with E-state index in [-0.39, 0.29) is 24.2 Å². The number of nitrogens with zero attached hydrogens (tertiary/aromatic N) is 2. The van der Waals surface area contributed by atoms with Crippen LogP contribution < -0.4 is 5.73 Å². The van der Waals surface area contributed by atoms with Crippen LogP contribution in [0.15, 0.2) is 42.5 Å². The molecule has 8 heteroatoms. The lowest BCUT2D eigenvalue weighted by molar-refractivity contribution is 0.0535. The number of nitrogens with two attached hydrogens (primary N) is 1. The second-order valence-electron chi connectivity index (χ2n) is 6.11. The zero-order chi connectivity index (χ0) is 18.7. The van der Waals surface area contributed by atoms with Crippen molar-refractivity contribution in [3.05, 3.63) is 69.2 Å². The molecule has 0 spiro atoms. The summed E-state index contributed by atoms with van der Waals surface area (Å²) in [6.07, 6.45) is 0. The van der Waals surface area contributed by atoms with Gasteiger partial charge in [-0.1, -0.05) is 35.3 Å². The Morgan fingerprint density at radius 2 is 1.44 bits per heavy atom. The molecule has 27 heavy (non-hydrogen) atoms. The Hall–Kier alpha value is -1.79.